The van der Waals surface area contributed by atoms with Crippen molar-refractivity contribution in [2.45, 2.75) is 44.1 Å². The Balaban J connectivity index is 1.74. The lowest BCUT2D eigenvalue weighted by atomic mass is 9.80. The molecule has 3 atom stereocenters. The Labute approximate surface area is 224 Å². The fourth-order valence-corrected chi connectivity index (χ4v) is 5.93. The van der Waals surface area contributed by atoms with Gasteiger partial charge in [-0.3, -0.25) is 0 Å². The molecule has 0 bridgehead atoms. The third-order valence-electron chi connectivity index (χ3n) is 6.25. The van der Waals surface area contributed by atoms with Gasteiger partial charge < -0.3 is 18.6 Å². The number of halogens is 1. The summed E-state index contributed by atoms with van der Waals surface area (Å²) in [5, 5.41) is 0. The Morgan fingerprint density at radius 3 is 1.75 bits per heavy atom. The molecule has 6 heteroatoms. The van der Waals surface area contributed by atoms with Gasteiger partial charge >= 0.3 is 0 Å². The van der Waals surface area contributed by atoms with Gasteiger partial charge in [0.1, 0.15) is 11.7 Å². The van der Waals surface area contributed by atoms with Crippen molar-refractivity contribution in [3.8, 4) is 0 Å². The molecule has 1 aliphatic heterocycles. The Hall–Kier alpha value is -2.06. The molecule has 190 valence electrons. The molecule has 0 radical (unpaired) electrons. The van der Waals surface area contributed by atoms with E-state index in [9.17, 15) is 0 Å². The molecule has 0 saturated carbocycles. The second-order valence-corrected chi connectivity index (χ2v) is 15.2. The van der Waals surface area contributed by atoms with E-state index in [-0.39, 0.29) is 12.2 Å². The van der Waals surface area contributed by atoms with E-state index in [2.05, 4.69) is 108 Å². The van der Waals surface area contributed by atoms with E-state index < -0.39 is 20.2 Å². The second kappa shape index (κ2) is 12.5. The zero-order valence-electron chi connectivity index (χ0n) is 21.2. The average Bonchev–Trinajstić information content (AvgIpc) is 2.92. The zero-order chi connectivity index (χ0) is 25.4. The predicted octanol–water partition coefficient (Wildman–Crippen LogP) is 6.84. The van der Waals surface area contributed by atoms with Crippen LogP contribution in [0, 0.1) is 0 Å². The van der Waals surface area contributed by atoms with Gasteiger partial charge in [0.25, 0.3) is 0 Å². The summed E-state index contributed by atoms with van der Waals surface area (Å²) in [6.07, 6.45) is 3.05. The second-order valence-electron chi connectivity index (χ2n) is 9.45. The van der Waals surface area contributed by atoms with Crippen LogP contribution in [0.25, 0.3) is 0 Å². The SMILES string of the molecule is CCOC1C=C[C@H](O[Si](C)(C)CBr)[C@@H](COC(c2ccccc2)(c2ccccc2)c2ccccc2)O1. The molecule has 4 rings (SSSR count). The number of ether oxygens (including phenoxy) is 3. The maximum absolute atomic E-state index is 7.04. The van der Waals surface area contributed by atoms with E-state index >= 15 is 0 Å². The standard InChI is InChI=1S/C30H35BrO4Si/c1-4-32-29-21-20-27(35-36(2,3)23-31)28(34-29)22-33-30(24-14-8-5-9-15-24,25-16-10-6-11-17-25)26-18-12-7-13-19-26/h5-21,27-29H,4,22-23H2,1-3H3/t27-,28+,29?/m0/s1. The largest absolute Gasteiger partial charge is 0.407 e. The molecule has 0 N–H and O–H groups in total. The lowest BCUT2D eigenvalue weighted by Crippen LogP contribution is -2.48. The van der Waals surface area contributed by atoms with E-state index in [0.717, 1.165) is 21.6 Å². The smallest absolute Gasteiger partial charge is 0.198 e. The molecule has 0 aliphatic carbocycles. The van der Waals surface area contributed by atoms with Crippen molar-refractivity contribution >= 4 is 24.2 Å². The maximum atomic E-state index is 7.04. The highest BCUT2D eigenvalue weighted by atomic mass is 79.9. The van der Waals surface area contributed by atoms with Crippen LogP contribution in [-0.4, -0.2) is 45.0 Å². The van der Waals surface area contributed by atoms with Crippen LogP contribution >= 0.6 is 15.9 Å². The maximum Gasteiger partial charge on any atom is 0.198 e. The first kappa shape index (κ1) is 27.0. The van der Waals surface area contributed by atoms with Gasteiger partial charge in [0.05, 0.1) is 12.7 Å². The first-order chi connectivity index (χ1) is 17.5. The summed E-state index contributed by atoms with van der Waals surface area (Å²) < 4.78 is 25.8. The Kier molecular flexibility index (Phi) is 9.34. The minimum atomic E-state index is -1.92. The number of rotatable bonds is 11. The molecule has 0 fully saturated rings. The quantitative estimate of drug-likeness (QED) is 0.110. The third kappa shape index (κ3) is 6.25. The summed E-state index contributed by atoms with van der Waals surface area (Å²) in [4.78, 5) is 0.842. The molecule has 3 aromatic rings. The van der Waals surface area contributed by atoms with Crippen molar-refractivity contribution < 1.29 is 18.6 Å². The van der Waals surface area contributed by atoms with E-state index in [1.165, 1.54) is 0 Å². The molecule has 0 aromatic heterocycles. The summed E-state index contributed by atoms with van der Waals surface area (Å²) in [5.74, 6) is 0. The van der Waals surface area contributed by atoms with Crippen molar-refractivity contribution in [1.29, 1.82) is 0 Å². The molecule has 1 unspecified atom stereocenters. The van der Waals surface area contributed by atoms with Crippen molar-refractivity contribution in [1.82, 2.24) is 0 Å². The van der Waals surface area contributed by atoms with Gasteiger partial charge in [-0.05, 0) is 42.8 Å². The Morgan fingerprint density at radius 1 is 0.806 bits per heavy atom. The average molecular weight is 568 g/mol. The zero-order valence-corrected chi connectivity index (χ0v) is 23.8. The first-order valence-electron chi connectivity index (χ1n) is 12.5. The number of hydrogen-bond donors (Lipinski definition) is 0. The molecule has 1 aliphatic rings. The molecule has 1 heterocycles. The van der Waals surface area contributed by atoms with Crippen molar-refractivity contribution in [2.75, 3.05) is 18.2 Å². The van der Waals surface area contributed by atoms with Crippen molar-refractivity contribution in [3.05, 3.63) is 120 Å². The number of benzene rings is 3. The molecule has 36 heavy (non-hydrogen) atoms. The monoisotopic (exact) mass is 566 g/mol. The van der Waals surface area contributed by atoms with E-state index in [1.54, 1.807) is 0 Å². The van der Waals surface area contributed by atoms with Gasteiger partial charge in [-0.1, -0.05) is 113 Å². The molecule has 0 spiro atoms. The normalized spacial score (nSPS) is 20.4. The number of alkyl halides is 1. The van der Waals surface area contributed by atoms with Crippen LogP contribution in [-0.2, 0) is 24.2 Å². The fraction of sp³-hybridized carbons (Fsp3) is 0.333. The fourth-order valence-electron chi connectivity index (χ4n) is 4.50. The van der Waals surface area contributed by atoms with Gasteiger partial charge in [0.2, 0.25) is 0 Å². The lowest BCUT2D eigenvalue weighted by molar-refractivity contribution is -0.189. The van der Waals surface area contributed by atoms with Crippen molar-refractivity contribution in [2.24, 2.45) is 0 Å². The van der Waals surface area contributed by atoms with Crippen LogP contribution < -0.4 is 0 Å². The lowest BCUT2D eigenvalue weighted by Gasteiger charge is -2.40. The highest BCUT2D eigenvalue weighted by molar-refractivity contribution is 9.09. The van der Waals surface area contributed by atoms with Crippen LogP contribution in [0.2, 0.25) is 13.1 Å². The van der Waals surface area contributed by atoms with Gasteiger partial charge in [0, 0.05) is 11.6 Å². The highest BCUT2D eigenvalue weighted by Gasteiger charge is 2.41. The van der Waals surface area contributed by atoms with Crippen LogP contribution in [0.5, 0.6) is 0 Å². The highest BCUT2D eigenvalue weighted by Crippen LogP contribution is 2.41. The summed E-state index contributed by atoms with van der Waals surface area (Å²) in [5.41, 5.74) is 2.36. The van der Waals surface area contributed by atoms with Gasteiger partial charge in [-0.15, -0.1) is 0 Å². The van der Waals surface area contributed by atoms with Crippen LogP contribution in [0.3, 0.4) is 0 Å². The topological polar surface area (TPSA) is 36.9 Å². The Morgan fingerprint density at radius 2 is 1.31 bits per heavy atom. The minimum Gasteiger partial charge on any atom is -0.407 e. The number of hydrogen-bond acceptors (Lipinski definition) is 4. The summed E-state index contributed by atoms with van der Waals surface area (Å²) in [6, 6.07) is 31.2. The van der Waals surface area contributed by atoms with Gasteiger partial charge in [-0.2, -0.15) is 0 Å². The van der Waals surface area contributed by atoms with E-state index in [1.807, 2.05) is 31.2 Å². The van der Waals surface area contributed by atoms with Crippen LogP contribution in [0.15, 0.2) is 103 Å². The van der Waals surface area contributed by atoms with Crippen molar-refractivity contribution in [3.63, 3.8) is 0 Å². The Bertz CT molecular complexity index is 995. The van der Waals surface area contributed by atoms with Crippen LogP contribution in [0.4, 0.5) is 0 Å². The van der Waals surface area contributed by atoms with E-state index in [4.69, 9.17) is 18.6 Å². The molecular weight excluding hydrogens is 532 g/mol. The molecule has 4 nitrogen and oxygen atoms in total. The molecule has 3 aromatic carbocycles. The molecular formula is C30H35BrO4Si. The molecule has 0 amide bonds. The molecule has 0 saturated heterocycles. The minimum absolute atomic E-state index is 0.221. The van der Waals surface area contributed by atoms with Crippen LogP contribution in [0.1, 0.15) is 23.6 Å². The summed E-state index contributed by atoms with van der Waals surface area (Å²) in [7, 11) is -1.92. The van der Waals surface area contributed by atoms with Gasteiger partial charge in [-0.25, -0.2) is 0 Å². The first-order valence-corrected chi connectivity index (χ1v) is 16.7. The summed E-state index contributed by atoms with van der Waals surface area (Å²) in [6.45, 7) is 7.26. The summed E-state index contributed by atoms with van der Waals surface area (Å²) >= 11 is 3.63. The third-order valence-corrected chi connectivity index (χ3v) is 11.9. The van der Waals surface area contributed by atoms with Gasteiger partial charge in [0.15, 0.2) is 14.6 Å². The predicted molar refractivity (Wildman–Crippen MR) is 151 cm³/mol. The van der Waals surface area contributed by atoms with E-state index in [0.29, 0.717) is 13.2 Å².